The van der Waals surface area contributed by atoms with Gasteiger partial charge in [0.25, 0.3) is 0 Å². The van der Waals surface area contributed by atoms with Gasteiger partial charge in [-0.3, -0.25) is 14.4 Å². The second-order valence-corrected chi connectivity index (χ2v) is 16.4. The molecule has 6 nitrogen and oxygen atoms in total. The van der Waals surface area contributed by atoms with Gasteiger partial charge in [0.05, 0.1) is 0 Å². The summed E-state index contributed by atoms with van der Waals surface area (Å²) in [6, 6.07) is 0. The smallest absolute Gasteiger partial charge is 0.306 e. The van der Waals surface area contributed by atoms with Gasteiger partial charge in [-0.05, 0) is 44.9 Å². The first-order valence-electron chi connectivity index (χ1n) is 24.2. The molecule has 0 N–H and O–H groups in total. The molecule has 0 fully saturated rings. The van der Waals surface area contributed by atoms with E-state index in [1.165, 1.54) is 161 Å². The van der Waals surface area contributed by atoms with Crippen molar-refractivity contribution >= 4 is 17.9 Å². The van der Waals surface area contributed by atoms with Gasteiger partial charge in [-0.25, -0.2) is 0 Å². The maximum atomic E-state index is 12.7. The third-order valence-electron chi connectivity index (χ3n) is 10.8. The molecule has 0 bridgehead atoms. The molecule has 0 aromatic heterocycles. The van der Waals surface area contributed by atoms with Gasteiger partial charge in [0.15, 0.2) is 6.10 Å². The van der Waals surface area contributed by atoms with Crippen LogP contribution in [0.5, 0.6) is 0 Å². The van der Waals surface area contributed by atoms with E-state index in [-0.39, 0.29) is 31.1 Å². The first-order valence-corrected chi connectivity index (χ1v) is 24.2. The summed E-state index contributed by atoms with van der Waals surface area (Å²) in [5.41, 5.74) is 0. The number of hydrogen-bond donors (Lipinski definition) is 0. The van der Waals surface area contributed by atoms with E-state index < -0.39 is 6.10 Å². The van der Waals surface area contributed by atoms with Gasteiger partial charge in [0, 0.05) is 19.3 Å². The van der Waals surface area contributed by atoms with Gasteiger partial charge in [-0.2, -0.15) is 0 Å². The van der Waals surface area contributed by atoms with Crippen molar-refractivity contribution in [1.82, 2.24) is 0 Å². The van der Waals surface area contributed by atoms with Gasteiger partial charge in [-0.15, -0.1) is 0 Å². The summed E-state index contributed by atoms with van der Waals surface area (Å²) in [7, 11) is 0. The van der Waals surface area contributed by atoms with Crippen LogP contribution in [0.15, 0.2) is 12.2 Å². The highest BCUT2D eigenvalue weighted by atomic mass is 16.6. The van der Waals surface area contributed by atoms with Crippen molar-refractivity contribution in [2.75, 3.05) is 13.2 Å². The lowest BCUT2D eigenvalue weighted by molar-refractivity contribution is -0.167. The fourth-order valence-electron chi connectivity index (χ4n) is 7.08. The van der Waals surface area contributed by atoms with Crippen LogP contribution in [-0.2, 0) is 28.6 Å². The fourth-order valence-corrected chi connectivity index (χ4v) is 7.08. The molecule has 0 aromatic carbocycles. The Bertz CT molecular complexity index is 854. The lowest BCUT2D eigenvalue weighted by atomic mass is 10.0. The predicted molar refractivity (Wildman–Crippen MR) is 233 cm³/mol. The number of rotatable bonds is 44. The van der Waals surface area contributed by atoms with Crippen molar-refractivity contribution in [2.45, 2.75) is 271 Å². The van der Waals surface area contributed by atoms with Crippen LogP contribution < -0.4 is 0 Å². The molecule has 1 unspecified atom stereocenters. The average molecular weight is 777 g/mol. The maximum absolute atomic E-state index is 12.7. The normalized spacial score (nSPS) is 12.0. The highest BCUT2D eigenvalue weighted by Crippen LogP contribution is 2.15. The Morgan fingerprint density at radius 2 is 0.600 bits per heavy atom. The van der Waals surface area contributed by atoms with E-state index in [1.54, 1.807) is 0 Å². The SMILES string of the molecule is CCCCCCCC/C=C\CCCCCCCC(=O)OC(COC(=O)CCCCCCCC)COC(=O)CCCCCCCCCCCCCCCCCC. The summed E-state index contributed by atoms with van der Waals surface area (Å²) in [5.74, 6) is -0.876. The van der Waals surface area contributed by atoms with E-state index in [4.69, 9.17) is 14.2 Å². The maximum Gasteiger partial charge on any atom is 0.306 e. The lowest BCUT2D eigenvalue weighted by Gasteiger charge is -2.18. The molecular formula is C49H92O6. The number of carbonyl (C=O) groups excluding carboxylic acids is 3. The molecule has 0 aliphatic heterocycles. The van der Waals surface area contributed by atoms with Crippen LogP contribution in [0, 0.1) is 0 Å². The number of esters is 3. The molecule has 0 saturated heterocycles. The third kappa shape index (κ3) is 43.1. The summed E-state index contributed by atoms with van der Waals surface area (Å²) in [4.78, 5) is 37.6. The molecule has 0 radical (unpaired) electrons. The van der Waals surface area contributed by atoms with Crippen LogP contribution in [0.4, 0.5) is 0 Å². The van der Waals surface area contributed by atoms with Crippen molar-refractivity contribution in [3.05, 3.63) is 12.2 Å². The van der Waals surface area contributed by atoms with Crippen LogP contribution in [0.1, 0.15) is 265 Å². The first kappa shape index (κ1) is 53.1. The standard InChI is InChI=1S/C49H92O6/c1-4-7-10-13-16-18-20-22-24-26-27-29-31-33-36-39-42-48(51)54-45-46(44-53-47(50)41-38-35-15-12-9-6-3)55-49(52)43-40-37-34-32-30-28-25-23-21-19-17-14-11-8-5-2/h23,25,46H,4-22,24,26-45H2,1-3H3/b25-23-. The second-order valence-electron chi connectivity index (χ2n) is 16.4. The summed E-state index contributed by atoms with van der Waals surface area (Å²) in [5, 5.41) is 0. The van der Waals surface area contributed by atoms with Gasteiger partial charge < -0.3 is 14.2 Å². The number of allylic oxidation sites excluding steroid dienone is 2. The highest BCUT2D eigenvalue weighted by molar-refractivity contribution is 5.71. The van der Waals surface area contributed by atoms with Crippen LogP contribution >= 0.6 is 0 Å². The zero-order valence-electron chi connectivity index (χ0n) is 37.0. The lowest BCUT2D eigenvalue weighted by Crippen LogP contribution is -2.30. The van der Waals surface area contributed by atoms with E-state index in [2.05, 4.69) is 32.9 Å². The van der Waals surface area contributed by atoms with Gasteiger partial charge >= 0.3 is 17.9 Å². The number of ether oxygens (including phenoxy) is 3. The molecule has 1 atom stereocenters. The quantitative estimate of drug-likeness (QED) is 0.0265. The molecular weight excluding hydrogens is 685 g/mol. The Morgan fingerprint density at radius 1 is 0.345 bits per heavy atom. The van der Waals surface area contributed by atoms with Crippen molar-refractivity contribution in [1.29, 1.82) is 0 Å². The first-order chi connectivity index (χ1) is 27.0. The molecule has 0 heterocycles. The summed E-state index contributed by atoms with van der Waals surface area (Å²) >= 11 is 0. The average Bonchev–Trinajstić information content (AvgIpc) is 3.18. The molecule has 0 aliphatic carbocycles. The highest BCUT2D eigenvalue weighted by Gasteiger charge is 2.19. The molecule has 6 heteroatoms. The van der Waals surface area contributed by atoms with E-state index in [0.29, 0.717) is 19.3 Å². The second kappa shape index (κ2) is 44.9. The molecule has 0 amide bonds. The summed E-state index contributed by atoms with van der Waals surface area (Å²) in [6.07, 6.45) is 47.8. The molecule has 0 aliphatic rings. The molecule has 324 valence electrons. The minimum atomic E-state index is -0.765. The molecule has 0 rings (SSSR count). The van der Waals surface area contributed by atoms with Crippen molar-refractivity contribution in [2.24, 2.45) is 0 Å². The number of hydrogen-bond acceptors (Lipinski definition) is 6. The summed E-state index contributed by atoms with van der Waals surface area (Å²) in [6.45, 7) is 6.59. The molecule has 0 saturated carbocycles. The third-order valence-corrected chi connectivity index (χ3v) is 10.8. The molecule has 0 aromatic rings. The Kier molecular flexibility index (Phi) is 43.4. The summed E-state index contributed by atoms with van der Waals surface area (Å²) < 4.78 is 16.7. The van der Waals surface area contributed by atoms with Crippen LogP contribution in [0.2, 0.25) is 0 Å². The predicted octanol–water partition coefficient (Wildman–Crippen LogP) is 15.4. The van der Waals surface area contributed by atoms with E-state index in [9.17, 15) is 14.4 Å². The van der Waals surface area contributed by atoms with Gasteiger partial charge in [0.1, 0.15) is 13.2 Å². The minimum absolute atomic E-state index is 0.0693. The van der Waals surface area contributed by atoms with E-state index in [0.717, 1.165) is 64.2 Å². The van der Waals surface area contributed by atoms with E-state index >= 15 is 0 Å². The van der Waals surface area contributed by atoms with Crippen molar-refractivity contribution in [3.8, 4) is 0 Å². The molecule has 0 spiro atoms. The van der Waals surface area contributed by atoms with Gasteiger partial charge in [0.2, 0.25) is 0 Å². The van der Waals surface area contributed by atoms with Crippen LogP contribution in [0.25, 0.3) is 0 Å². The van der Waals surface area contributed by atoms with E-state index in [1.807, 2.05) is 0 Å². The fraction of sp³-hybridized carbons (Fsp3) is 0.898. The number of unbranched alkanes of at least 4 members (excludes halogenated alkanes) is 31. The Hall–Kier alpha value is -1.85. The topological polar surface area (TPSA) is 78.9 Å². The zero-order chi connectivity index (χ0) is 40.1. The van der Waals surface area contributed by atoms with Gasteiger partial charge in [-0.1, -0.05) is 213 Å². The largest absolute Gasteiger partial charge is 0.462 e. The van der Waals surface area contributed by atoms with Crippen LogP contribution in [-0.4, -0.2) is 37.2 Å². The van der Waals surface area contributed by atoms with Crippen LogP contribution in [0.3, 0.4) is 0 Å². The van der Waals surface area contributed by atoms with Crippen molar-refractivity contribution in [3.63, 3.8) is 0 Å². The number of carbonyl (C=O) groups is 3. The Morgan fingerprint density at radius 3 is 0.909 bits per heavy atom. The van der Waals surface area contributed by atoms with Crippen molar-refractivity contribution < 1.29 is 28.6 Å². The Balaban J connectivity index is 4.21. The molecule has 55 heavy (non-hydrogen) atoms. The minimum Gasteiger partial charge on any atom is -0.462 e. The zero-order valence-corrected chi connectivity index (χ0v) is 37.0. The Labute approximate surface area is 341 Å². The monoisotopic (exact) mass is 777 g/mol.